The van der Waals surface area contributed by atoms with Gasteiger partial charge in [-0.15, -0.1) is 0 Å². The average molecular weight is 432 g/mol. The van der Waals surface area contributed by atoms with Gasteiger partial charge in [0.2, 0.25) is 10.0 Å². The lowest BCUT2D eigenvalue weighted by Crippen LogP contribution is -2.48. The minimum absolute atomic E-state index is 0.176. The highest BCUT2D eigenvalue weighted by Crippen LogP contribution is 2.21. The van der Waals surface area contributed by atoms with Crippen molar-refractivity contribution in [3.63, 3.8) is 0 Å². The number of hydrogen-bond acceptors (Lipinski definition) is 5. The lowest BCUT2D eigenvalue weighted by atomic mass is 10.2. The molecule has 8 heteroatoms. The van der Waals surface area contributed by atoms with Crippen LogP contribution in [0.15, 0.2) is 48.5 Å². The first-order valence-electron chi connectivity index (χ1n) is 10.2. The molecule has 1 heterocycles. The first-order valence-corrected chi connectivity index (χ1v) is 12.1. The summed E-state index contributed by atoms with van der Waals surface area (Å²) in [7, 11) is -3.14. The number of hydrogen-bond donors (Lipinski definition) is 1. The van der Waals surface area contributed by atoms with Crippen molar-refractivity contribution in [3.8, 4) is 5.75 Å². The van der Waals surface area contributed by atoms with E-state index in [-0.39, 0.29) is 5.91 Å². The van der Waals surface area contributed by atoms with E-state index in [4.69, 9.17) is 4.74 Å². The molecule has 1 aliphatic heterocycles. The number of rotatable bonds is 8. The number of benzene rings is 2. The molecule has 1 saturated heterocycles. The summed E-state index contributed by atoms with van der Waals surface area (Å²) in [6.07, 6.45) is 3.33. The summed E-state index contributed by atoms with van der Waals surface area (Å²) >= 11 is 0. The SMILES string of the molecule is CCCCOc1ccc(C(=O)Nc2ccc(N3CCN(S(C)(=O)=O)CC3)cc2)cc1. The number of nitrogens with zero attached hydrogens (tertiary/aromatic N) is 2. The maximum absolute atomic E-state index is 12.5. The van der Waals surface area contributed by atoms with Crippen molar-refractivity contribution in [1.29, 1.82) is 0 Å². The van der Waals surface area contributed by atoms with Gasteiger partial charge in [-0.2, -0.15) is 4.31 Å². The van der Waals surface area contributed by atoms with E-state index in [2.05, 4.69) is 17.1 Å². The number of piperazine rings is 1. The molecule has 1 amide bonds. The summed E-state index contributed by atoms with van der Waals surface area (Å²) in [6.45, 7) is 5.04. The minimum atomic E-state index is -3.14. The van der Waals surface area contributed by atoms with Crippen molar-refractivity contribution in [3.05, 3.63) is 54.1 Å². The molecule has 0 aromatic heterocycles. The van der Waals surface area contributed by atoms with Crippen LogP contribution in [0.3, 0.4) is 0 Å². The van der Waals surface area contributed by atoms with Gasteiger partial charge in [-0.05, 0) is 55.0 Å². The van der Waals surface area contributed by atoms with Gasteiger partial charge in [0.25, 0.3) is 5.91 Å². The number of ether oxygens (including phenoxy) is 1. The molecule has 0 aliphatic carbocycles. The number of anilines is 2. The Morgan fingerprint density at radius 3 is 2.20 bits per heavy atom. The van der Waals surface area contributed by atoms with Gasteiger partial charge in [0.15, 0.2) is 0 Å². The molecule has 30 heavy (non-hydrogen) atoms. The van der Waals surface area contributed by atoms with E-state index < -0.39 is 10.0 Å². The molecule has 7 nitrogen and oxygen atoms in total. The zero-order valence-electron chi connectivity index (χ0n) is 17.5. The van der Waals surface area contributed by atoms with E-state index in [1.165, 1.54) is 10.6 Å². The molecule has 1 aliphatic rings. The van der Waals surface area contributed by atoms with Crippen molar-refractivity contribution in [2.45, 2.75) is 19.8 Å². The van der Waals surface area contributed by atoms with Crippen LogP contribution >= 0.6 is 0 Å². The monoisotopic (exact) mass is 431 g/mol. The van der Waals surface area contributed by atoms with Crippen LogP contribution in [-0.2, 0) is 10.0 Å². The standard InChI is InChI=1S/C22H29N3O4S/c1-3-4-17-29-21-11-5-18(6-12-21)22(26)23-19-7-9-20(10-8-19)24-13-15-25(16-14-24)30(2,27)28/h5-12H,3-4,13-17H2,1-2H3,(H,23,26). The Balaban J connectivity index is 1.53. The van der Waals surface area contributed by atoms with Gasteiger partial charge >= 0.3 is 0 Å². The van der Waals surface area contributed by atoms with Crippen LogP contribution < -0.4 is 15.0 Å². The fourth-order valence-corrected chi connectivity index (χ4v) is 4.10. The van der Waals surface area contributed by atoms with Crippen LogP contribution in [0.5, 0.6) is 5.75 Å². The fraction of sp³-hybridized carbons (Fsp3) is 0.409. The van der Waals surface area contributed by atoms with Crippen LogP contribution in [0.2, 0.25) is 0 Å². The van der Waals surface area contributed by atoms with Crippen molar-refractivity contribution in [1.82, 2.24) is 4.31 Å². The lowest BCUT2D eigenvalue weighted by Gasteiger charge is -2.34. The highest BCUT2D eigenvalue weighted by atomic mass is 32.2. The molecular formula is C22H29N3O4S. The Labute approximate surface area is 178 Å². The normalized spacial score (nSPS) is 15.1. The van der Waals surface area contributed by atoms with Crippen LogP contribution in [0.25, 0.3) is 0 Å². The topological polar surface area (TPSA) is 79.0 Å². The minimum Gasteiger partial charge on any atom is -0.494 e. The Bertz CT molecular complexity index is 935. The number of nitrogens with one attached hydrogen (secondary N) is 1. The Morgan fingerprint density at radius 2 is 1.63 bits per heavy atom. The number of carbonyl (C=O) groups excluding carboxylic acids is 1. The molecule has 3 rings (SSSR count). The molecule has 2 aromatic rings. The molecular weight excluding hydrogens is 402 g/mol. The molecule has 162 valence electrons. The van der Waals surface area contributed by atoms with Crippen molar-refractivity contribution in [2.75, 3.05) is 49.3 Å². The van der Waals surface area contributed by atoms with E-state index in [0.29, 0.717) is 44.0 Å². The summed E-state index contributed by atoms with van der Waals surface area (Å²) in [5.41, 5.74) is 2.29. The Kier molecular flexibility index (Phi) is 7.33. The van der Waals surface area contributed by atoms with Gasteiger partial charge in [0, 0.05) is 43.1 Å². The van der Waals surface area contributed by atoms with Gasteiger partial charge in [-0.25, -0.2) is 8.42 Å². The van der Waals surface area contributed by atoms with Gasteiger partial charge in [-0.3, -0.25) is 4.79 Å². The van der Waals surface area contributed by atoms with E-state index in [1.807, 2.05) is 36.4 Å². The first kappa shape index (κ1) is 22.1. The molecule has 0 unspecified atom stereocenters. The zero-order valence-corrected chi connectivity index (χ0v) is 18.3. The van der Waals surface area contributed by atoms with E-state index in [9.17, 15) is 13.2 Å². The Hall–Kier alpha value is -2.58. The van der Waals surface area contributed by atoms with Gasteiger partial charge in [0.05, 0.1) is 12.9 Å². The van der Waals surface area contributed by atoms with Gasteiger partial charge < -0.3 is 15.0 Å². The van der Waals surface area contributed by atoms with Crippen LogP contribution in [0.4, 0.5) is 11.4 Å². The van der Waals surface area contributed by atoms with E-state index in [0.717, 1.165) is 24.3 Å². The van der Waals surface area contributed by atoms with Gasteiger partial charge in [0.1, 0.15) is 5.75 Å². The van der Waals surface area contributed by atoms with Crippen molar-refractivity contribution < 1.29 is 17.9 Å². The largest absolute Gasteiger partial charge is 0.494 e. The summed E-state index contributed by atoms with van der Waals surface area (Å²) in [5, 5.41) is 2.90. The predicted molar refractivity (Wildman–Crippen MR) is 120 cm³/mol. The maximum atomic E-state index is 12.5. The molecule has 0 atom stereocenters. The third-order valence-electron chi connectivity index (χ3n) is 5.08. The number of unbranched alkanes of at least 4 members (excludes halogenated alkanes) is 1. The smallest absolute Gasteiger partial charge is 0.255 e. The summed E-state index contributed by atoms with van der Waals surface area (Å²) < 4.78 is 30.4. The highest BCUT2D eigenvalue weighted by Gasteiger charge is 2.23. The second-order valence-corrected chi connectivity index (χ2v) is 9.36. The quantitative estimate of drug-likeness (QED) is 0.650. The molecule has 0 saturated carbocycles. The van der Waals surface area contributed by atoms with Crippen LogP contribution in [0, 0.1) is 0 Å². The van der Waals surface area contributed by atoms with Crippen molar-refractivity contribution in [2.24, 2.45) is 0 Å². The average Bonchev–Trinajstić information content (AvgIpc) is 2.74. The van der Waals surface area contributed by atoms with E-state index in [1.54, 1.807) is 12.1 Å². The summed E-state index contributed by atoms with van der Waals surface area (Å²) in [4.78, 5) is 14.6. The predicted octanol–water partition coefficient (Wildman–Crippen LogP) is 3.20. The second kappa shape index (κ2) is 9.95. The molecule has 2 aromatic carbocycles. The molecule has 0 spiro atoms. The molecule has 0 bridgehead atoms. The van der Waals surface area contributed by atoms with Crippen molar-refractivity contribution >= 4 is 27.3 Å². The Morgan fingerprint density at radius 1 is 1.00 bits per heavy atom. The maximum Gasteiger partial charge on any atom is 0.255 e. The molecule has 0 radical (unpaired) electrons. The van der Waals surface area contributed by atoms with Gasteiger partial charge in [-0.1, -0.05) is 13.3 Å². The second-order valence-electron chi connectivity index (χ2n) is 7.38. The number of carbonyl (C=O) groups is 1. The third kappa shape index (κ3) is 5.96. The van der Waals surface area contributed by atoms with Crippen LogP contribution in [0.1, 0.15) is 30.1 Å². The van der Waals surface area contributed by atoms with Crippen LogP contribution in [-0.4, -0.2) is 57.7 Å². The number of amides is 1. The first-order chi connectivity index (χ1) is 14.4. The highest BCUT2D eigenvalue weighted by molar-refractivity contribution is 7.88. The third-order valence-corrected chi connectivity index (χ3v) is 6.38. The zero-order chi connectivity index (χ0) is 21.6. The number of sulfonamides is 1. The molecule has 1 N–H and O–H groups in total. The summed E-state index contributed by atoms with van der Waals surface area (Å²) in [6, 6.07) is 14.7. The fourth-order valence-electron chi connectivity index (χ4n) is 3.27. The summed E-state index contributed by atoms with van der Waals surface area (Å²) in [5.74, 6) is 0.588. The lowest BCUT2D eigenvalue weighted by molar-refractivity contribution is 0.102. The molecule has 1 fully saturated rings. The van der Waals surface area contributed by atoms with E-state index >= 15 is 0 Å².